The van der Waals surface area contributed by atoms with E-state index in [-0.39, 0.29) is 5.91 Å². The molecule has 21 heavy (non-hydrogen) atoms. The molecule has 0 aliphatic heterocycles. The van der Waals surface area contributed by atoms with E-state index in [0.717, 1.165) is 28.9 Å². The Bertz CT molecular complexity index is 472. The number of hydrogen-bond donors (Lipinski definition) is 2. The Hall–Kier alpha value is -1.03. The maximum absolute atomic E-state index is 12.2. The lowest BCUT2D eigenvalue weighted by atomic mass is 10.0. The van der Waals surface area contributed by atoms with Crippen molar-refractivity contribution in [1.29, 1.82) is 0 Å². The van der Waals surface area contributed by atoms with Crippen LogP contribution in [0.4, 0.5) is 5.69 Å². The molecule has 0 saturated heterocycles. The van der Waals surface area contributed by atoms with Crippen LogP contribution in [0.1, 0.15) is 61.9 Å². The molecule has 0 aliphatic rings. The number of nitrogens with one attached hydrogen (secondary N) is 1. The molecule has 0 aliphatic carbocycles. The summed E-state index contributed by atoms with van der Waals surface area (Å²) in [5.41, 5.74) is 8.02. The molecular formula is C17H27BrN2O. The van der Waals surface area contributed by atoms with Crippen molar-refractivity contribution in [2.24, 2.45) is 5.92 Å². The maximum Gasteiger partial charge on any atom is 0.251 e. The monoisotopic (exact) mass is 354 g/mol. The van der Waals surface area contributed by atoms with Gasteiger partial charge < -0.3 is 11.1 Å². The number of halogens is 1. The van der Waals surface area contributed by atoms with Crippen LogP contribution >= 0.6 is 15.9 Å². The van der Waals surface area contributed by atoms with E-state index >= 15 is 0 Å². The predicted octanol–water partition coefficient (Wildman–Crippen LogP) is 4.68. The lowest BCUT2D eigenvalue weighted by Gasteiger charge is -2.10. The largest absolute Gasteiger partial charge is 0.398 e. The highest BCUT2D eigenvalue weighted by Gasteiger charge is 2.11. The molecule has 0 fully saturated rings. The van der Waals surface area contributed by atoms with Crippen LogP contribution in [0.2, 0.25) is 0 Å². The summed E-state index contributed by atoms with van der Waals surface area (Å²) >= 11 is 3.38. The van der Waals surface area contributed by atoms with Crippen molar-refractivity contribution < 1.29 is 4.79 Å². The van der Waals surface area contributed by atoms with Gasteiger partial charge in [0.15, 0.2) is 0 Å². The molecule has 0 aromatic heterocycles. The van der Waals surface area contributed by atoms with Crippen molar-refractivity contribution in [2.45, 2.75) is 52.9 Å². The smallest absolute Gasteiger partial charge is 0.251 e. The highest BCUT2D eigenvalue weighted by molar-refractivity contribution is 9.10. The third kappa shape index (κ3) is 6.51. The van der Waals surface area contributed by atoms with E-state index in [0.29, 0.717) is 11.3 Å². The van der Waals surface area contributed by atoms with Crippen LogP contribution in [0.5, 0.6) is 0 Å². The van der Waals surface area contributed by atoms with Crippen LogP contribution in [0.15, 0.2) is 16.6 Å². The number of benzene rings is 1. The van der Waals surface area contributed by atoms with Crippen LogP contribution < -0.4 is 11.1 Å². The van der Waals surface area contributed by atoms with E-state index in [1.54, 1.807) is 0 Å². The summed E-state index contributed by atoms with van der Waals surface area (Å²) in [6.45, 7) is 7.12. The van der Waals surface area contributed by atoms with E-state index < -0.39 is 0 Å². The first-order valence-electron chi connectivity index (χ1n) is 7.75. The Morgan fingerprint density at radius 3 is 2.57 bits per heavy atom. The van der Waals surface area contributed by atoms with Gasteiger partial charge in [0.1, 0.15) is 0 Å². The Kier molecular flexibility index (Phi) is 7.79. The fourth-order valence-electron chi connectivity index (χ4n) is 2.26. The summed E-state index contributed by atoms with van der Waals surface area (Å²) in [6.07, 6.45) is 6.03. The zero-order valence-electron chi connectivity index (χ0n) is 13.3. The van der Waals surface area contributed by atoms with Crippen LogP contribution in [0.25, 0.3) is 0 Å². The summed E-state index contributed by atoms with van der Waals surface area (Å²) in [5, 5.41) is 2.98. The number of rotatable bonds is 8. The first-order valence-corrected chi connectivity index (χ1v) is 8.55. The number of unbranched alkanes of at least 4 members (excludes halogenated alkanes) is 3. The SMILES string of the molecule is Cc1c(N)cc(Br)cc1C(=O)NCCCCCCC(C)C. The predicted molar refractivity (Wildman–Crippen MR) is 93.5 cm³/mol. The van der Waals surface area contributed by atoms with E-state index in [9.17, 15) is 4.79 Å². The molecule has 3 nitrogen and oxygen atoms in total. The molecule has 0 heterocycles. The number of nitrogen functional groups attached to an aromatic ring is 1. The van der Waals surface area contributed by atoms with Gasteiger partial charge in [0.05, 0.1) is 0 Å². The summed E-state index contributed by atoms with van der Waals surface area (Å²) in [5.74, 6) is 0.748. The van der Waals surface area contributed by atoms with Gasteiger partial charge in [0, 0.05) is 22.3 Å². The highest BCUT2D eigenvalue weighted by Crippen LogP contribution is 2.22. The van der Waals surface area contributed by atoms with Gasteiger partial charge in [0.25, 0.3) is 5.91 Å². The second-order valence-corrected chi connectivity index (χ2v) is 6.94. The first-order chi connectivity index (χ1) is 9.91. The Morgan fingerprint density at radius 2 is 1.90 bits per heavy atom. The van der Waals surface area contributed by atoms with E-state index in [1.807, 2.05) is 19.1 Å². The van der Waals surface area contributed by atoms with E-state index in [2.05, 4.69) is 35.1 Å². The van der Waals surface area contributed by atoms with Crippen LogP contribution in [0, 0.1) is 12.8 Å². The highest BCUT2D eigenvalue weighted by atomic mass is 79.9. The summed E-state index contributed by atoms with van der Waals surface area (Å²) in [6, 6.07) is 3.64. The van der Waals surface area contributed by atoms with Gasteiger partial charge >= 0.3 is 0 Å². The molecule has 118 valence electrons. The lowest BCUT2D eigenvalue weighted by molar-refractivity contribution is 0.0952. The molecule has 1 rings (SSSR count). The van der Waals surface area contributed by atoms with Crippen LogP contribution in [-0.2, 0) is 0 Å². The second kappa shape index (κ2) is 9.08. The number of carbonyl (C=O) groups excluding carboxylic acids is 1. The number of hydrogen-bond acceptors (Lipinski definition) is 2. The Labute approximate surface area is 136 Å². The van der Waals surface area contributed by atoms with Crippen LogP contribution in [-0.4, -0.2) is 12.5 Å². The fraction of sp³-hybridized carbons (Fsp3) is 0.588. The van der Waals surface area contributed by atoms with Crippen molar-refractivity contribution >= 4 is 27.5 Å². The molecule has 0 unspecified atom stereocenters. The van der Waals surface area contributed by atoms with Crippen molar-refractivity contribution in [3.05, 3.63) is 27.7 Å². The summed E-state index contributed by atoms with van der Waals surface area (Å²) < 4.78 is 0.837. The van der Waals surface area contributed by atoms with Gasteiger partial charge in [-0.25, -0.2) is 0 Å². The average molecular weight is 355 g/mol. The third-order valence-corrected chi connectivity index (χ3v) is 4.11. The van der Waals surface area contributed by atoms with Gasteiger partial charge in [-0.1, -0.05) is 55.5 Å². The summed E-state index contributed by atoms with van der Waals surface area (Å²) in [4.78, 5) is 12.2. The van der Waals surface area contributed by atoms with Crippen molar-refractivity contribution in [3.8, 4) is 0 Å². The minimum atomic E-state index is -0.0392. The van der Waals surface area contributed by atoms with Crippen molar-refractivity contribution in [2.75, 3.05) is 12.3 Å². The minimum absolute atomic E-state index is 0.0392. The van der Waals surface area contributed by atoms with Gasteiger partial charge in [-0.3, -0.25) is 4.79 Å². The Morgan fingerprint density at radius 1 is 1.24 bits per heavy atom. The second-order valence-electron chi connectivity index (χ2n) is 6.02. The normalized spacial score (nSPS) is 10.9. The van der Waals surface area contributed by atoms with Gasteiger partial charge in [-0.15, -0.1) is 0 Å². The standard InChI is InChI=1S/C17H27BrN2O/c1-12(2)8-6-4-5-7-9-20-17(21)15-10-14(18)11-16(19)13(15)3/h10-12H,4-9,19H2,1-3H3,(H,20,21). The Balaban J connectivity index is 2.32. The van der Waals surface area contributed by atoms with Crippen molar-refractivity contribution in [3.63, 3.8) is 0 Å². The molecule has 1 aromatic rings. The third-order valence-electron chi connectivity index (χ3n) is 3.65. The molecule has 1 aromatic carbocycles. The number of carbonyl (C=O) groups is 1. The molecule has 0 spiro atoms. The fourth-order valence-corrected chi connectivity index (χ4v) is 2.74. The maximum atomic E-state index is 12.2. The van der Waals surface area contributed by atoms with Gasteiger partial charge in [0.2, 0.25) is 0 Å². The molecule has 0 bridgehead atoms. The van der Waals surface area contributed by atoms with Crippen molar-refractivity contribution in [1.82, 2.24) is 5.32 Å². The van der Waals surface area contributed by atoms with Gasteiger partial charge in [-0.2, -0.15) is 0 Å². The number of nitrogens with two attached hydrogens (primary N) is 1. The lowest BCUT2D eigenvalue weighted by Crippen LogP contribution is -2.25. The number of anilines is 1. The molecule has 1 amide bonds. The molecule has 0 saturated carbocycles. The van der Waals surface area contributed by atoms with Gasteiger partial charge in [-0.05, 0) is 37.0 Å². The summed E-state index contributed by atoms with van der Waals surface area (Å²) in [7, 11) is 0. The van der Waals surface area contributed by atoms with Crippen LogP contribution in [0.3, 0.4) is 0 Å². The molecular weight excluding hydrogens is 328 g/mol. The molecule has 0 atom stereocenters. The van der Waals surface area contributed by atoms with E-state index in [1.165, 1.54) is 25.7 Å². The molecule has 0 radical (unpaired) electrons. The zero-order valence-corrected chi connectivity index (χ0v) is 14.9. The first kappa shape index (κ1) is 18.0. The average Bonchev–Trinajstić information content (AvgIpc) is 2.41. The topological polar surface area (TPSA) is 55.1 Å². The minimum Gasteiger partial charge on any atom is -0.398 e. The van der Waals surface area contributed by atoms with E-state index in [4.69, 9.17) is 5.73 Å². The molecule has 3 N–H and O–H groups in total. The quantitative estimate of drug-likeness (QED) is 0.526. The molecule has 4 heteroatoms. The number of amides is 1. The zero-order chi connectivity index (χ0) is 15.8.